The third kappa shape index (κ3) is 4.26. The molecule has 2 aromatic heterocycles. The van der Waals surface area contributed by atoms with Gasteiger partial charge in [0.2, 0.25) is 0 Å². The number of aromatic nitrogens is 5. The van der Waals surface area contributed by atoms with Gasteiger partial charge in [-0.05, 0) is 12.8 Å². The van der Waals surface area contributed by atoms with Crippen molar-refractivity contribution in [2.24, 2.45) is 0 Å². The van der Waals surface area contributed by atoms with Crippen LogP contribution >= 0.6 is 0 Å². The quantitative estimate of drug-likeness (QED) is 0.320. The molecule has 2 unspecified atom stereocenters. The Bertz CT molecular complexity index is 977. The molecule has 1 aliphatic heterocycles. The summed E-state index contributed by atoms with van der Waals surface area (Å²) in [4.78, 5) is 37.4. The van der Waals surface area contributed by atoms with Gasteiger partial charge in [-0.2, -0.15) is 0 Å². The lowest BCUT2D eigenvalue weighted by Gasteiger charge is -2.13. The van der Waals surface area contributed by atoms with Crippen LogP contribution < -0.4 is 11.2 Å². The molecule has 11 nitrogen and oxygen atoms in total. The number of aliphatic hydroxyl groups is 2. The Kier molecular flexibility index (Phi) is 5.85. The monoisotopic (exact) mass is 391 g/mol. The average Bonchev–Trinajstić information content (AvgIpc) is 3.25. The molecule has 3 heterocycles. The van der Waals surface area contributed by atoms with E-state index >= 15 is 0 Å². The minimum absolute atomic E-state index is 0.0393. The maximum atomic E-state index is 12.2. The summed E-state index contributed by atoms with van der Waals surface area (Å²) in [5.41, 5.74) is -0.959. The van der Waals surface area contributed by atoms with Gasteiger partial charge in [0.05, 0.1) is 23.6 Å². The molecule has 3 N–H and O–H groups in total. The molecular weight excluding hydrogens is 370 g/mol. The van der Waals surface area contributed by atoms with Crippen LogP contribution in [0.2, 0.25) is 0 Å². The number of aryl methyl sites for hydroxylation is 1. The Balaban J connectivity index is 1.79. The van der Waals surface area contributed by atoms with E-state index in [1.54, 1.807) is 10.9 Å². The number of nitrogens with zero attached hydrogens (tertiary/aromatic N) is 4. The molecule has 28 heavy (non-hydrogen) atoms. The summed E-state index contributed by atoms with van der Waals surface area (Å²) in [7, 11) is 0. The van der Waals surface area contributed by atoms with Crippen LogP contribution in [0.4, 0.5) is 0 Å². The lowest BCUT2D eigenvalue weighted by atomic mass is 10.2. The Labute approximate surface area is 158 Å². The minimum atomic E-state index is -1.03. The summed E-state index contributed by atoms with van der Waals surface area (Å²) in [6, 6.07) is 0. The second-order valence-corrected chi connectivity index (χ2v) is 6.59. The van der Waals surface area contributed by atoms with Crippen LogP contribution in [0.25, 0.3) is 11.3 Å². The van der Waals surface area contributed by atoms with Crippen LogP contribution in [0.15, 0.2) is 34.3 Å². The minimum Gasteiger partial charge on any atom is -0.513 e. The molecule has 11 heteroatoms. The predicted octanol–water partition coefficient (Wildman–Crippen LogP) is -0.116. The molecule has 0 spiro atoms. The van der Waals surface area contributed by atoms with Crippen LogP contribution in [0.1, 0.15) is 31.9 Å². The summed E-state index contributed by atoms with van der Waals surface area (Å²) in [5, 5.41) is 26.8. The normalized spacial score (nSPS) is 21.7. The highest BCUT2D eigenvalue weighted by molar-refractivity contribution is 5.57. The van der Waals surface area contributed by atoms with Crippen molar-refractivity contribution in [3.63, 3.8) is 0 Å². The summed E-state index contributed by atoms with van der Waals surface area (Å²) >= 11 is 0. The topological polar surface area (TPSA) is 152 Å². The maximum Gasteiger partial charge on any atom is 0.330 e. The number of nitrogens with one attached hydrogen (secondary N) is 1. The average molecular weight is 391 g/mol. The molecule has 3 rings (SSSR count). The second kappa shape index (κ2) is 8.31. The molecule has 0 saturated carbocycles. The van der Waals surface area contributed by atoms with E-state index < -0.39 is 29.7 Å². The Hall–Kier alpha value is -3.05. The van der Waals surface area contributed by atoms with Crippen LogP contribution in [-0.2, 0) is 16.1 Å². The molecule has 1 aliphatic rings. The van der Waals surface area contributed by atoms with Gasteiger partial charge in [-0.1, -0.05) is 11.8 Å². The third-order valence-electron chi connectivity index (χ3n) is 4.47. The van der Waals surface area contributed by atoms with Crippen molar-refractivity contribution in [2.45, 2.75) is 50.7 Å². The number of hydrogen-bond donors (Lipinski definition) is 3. The fourth-order valence-electron chi connectivity index (χ4n) is 2.99. The van der Waals surface area contributed by atoms with Gasteiger partial charge in [0, 0.05) is 25.6 Å². The smallest absolute Gasteiger partial charge is 0.330 e. The lowest BCUT2D eigenvalue weighted by molar-refractivity contribution is -0.122. The number of aldehydes is 1. The fraction of sp³-hybridized carbons (Fsp3) is 0.471. The number of aromatic amines is 1. The molecule has 1 saturated heterocycles. The standard InChI is InChI=1S/C17H21N5O6/c1-10(24)4-2-3-5-21-8-12(19-20-21)11-7-22(17(27)18-16(11)26)15-6-13(25)14(9-23)28-15/h7-9,13-15,24-25H,1-6H2,(H,18,26,27)/t13-,14?,15?/m0/s1. The molecule has 0 aliphatic carbocycles. The van der Waals surface area contributed by atoms with Crippen molar-refractivity contribution in [3.05, 3.63) is 45.6 Å². The van der Waals surface area contributed by atoms with Gasteiger partial charge in [0.1, 0.15) is 18.0 Å². The van der Waals surface area contributed by atoms with Crippen molar-refractivity contribution in [1.29, 1.82) is 0 Å². The van der Waals surface area contributed by atoms with E-state index in [4.69, 9.17) is 9.84 Å². The summed E-state index contributed by atoms with van der Waals surface area (Å²) < 4.78 is 8.04. The number of ether oxygens (including phenoxy) is 1. The molecule has 0 amide bonds. The fourth-order valence-corrected chi connectivity index (χ4v) is 2.99. The number of H-pyrrole nitrogens is 1. The van der Waals surface area contributed by atoms with Gasteiger partial charge in [-0.3, -0.25) is 19.0 Å². The first-order valence-electron chi connectivity index (χ1n) is 8.80. The summed E-state index contributed by atoms with van der Waals surface area (Å²) in [6.45, 7) is 3.96. The van der Waals surface area contributed by atoms with Gasteiger partial charge < -0.3 is 19.7 Å². The first kappa shape index (κ1) is 19.7. The number of rotatable bonds is 8. The number of carbonyl (C=O) groups is 1. The highest BCUT2D eigenvalue weighted by Gasteiger charge is 2.35. The summed E-state index contributed by atoms with van der Waals surface area (Å²) in [5.74, 6) is 0.129. The van der Waals surface area contributed by atoms with Crippen molar-refractivity contribution in [3.8, 4) is 11.3 Å². The van der Waals surface area contributed by atoms with Gasteiger partial charge in [0.15, 0.2) is 6.29 Å². The molecule has 1 fully saturated rings. The van der Waals surface area contributed by atoms with Crippen LogP contribution in [-0.4, -0.2) is 53.3 Å². The predicted molar refractivity (Wildman–Crippen MR) is 96.6 cm³/mol. The SMILES string of the molecule is C=C(O)CCCCn1cc(-c2cn(C3C[C@H](O)C(C=O)O3)c(=O)[nH]c2=O)nn1. The first-order valence-corrected chi connectivity index (χ1v) is 8.80. The number of hydrogen-bond acceptors (Lipinski definition) is 8. The number of allylic oxidation sites excluding steroid dienone is 1. The van der Waals surface area contributed by atoms with E-state index in [1.807, 2.05) is 0 Å². The Morgan fingerprint density at radius 2 is 2.18 bits per heavy atom. The van der Waals surface area contributed by atoms with Gasteiger partial charge in [-0.15, -0.1) is 5.10 Å². The van der Waals surface area contributed by atoms with E-state index in [9.17, 15) is 19.5 Å². The highest BCUT2D eigenvalue weighted by Crippen LogP contribution is 2.27. The maximum absolute atomic E-state index is 12.2. The zero-order valence-electron chi connectivity index (χ0n) is 15.0. The molecule has 0 aromatic carbocycles. The molecule has 150 valence electrons. The first-order chi connectivity index (χ1) is 13.4. The van der Waals surface area contributed by atoms with Gasteiger partial charge >= 0.3 is 5.69 Å². The second-order valence-electron chi connectivity index (χ2n) is 6.59. The Morgan fingerprint density at radius 3 is 2.86 bits per heavy atom. The Morgan fingerprint density at radius 1 is 1.39 bits per heavy atom. The van der Waals surface area contributed by atoms with E-state index in [0.29, 0.717) is 19.3 Å². The van der Waals surface area contributed by atoms with Gasteiger partial charge in [0.25, 0.3) is 5.56 Å². The molecule has 2 aromatic rings. The van der Waals surface area contributed by atoms with E-state index in [-0.39, 0.29) is 23.4 Å². The number of carbonyl (C=O) groups excluding carboxylic acids is 1. The zero-order valence-corrected chi connectivity index (χ0v) is 15.0. The van der Waals surface area contributed by atoms with E-state index in [2.05, 4.69) is 21.9 Å². The van der Waals surface area contributed by atoms with E-state index in [0.717, 1.165) is 17.4 Å². The van der Waals surface area contributed by atoms with E-state index in [1.165, 1.54) is 6.20 Å². The van der Waals surface area contributed by atoms with Crippen LogP contribution in [0, 0.1) is 0 Å². The van der Waals surface area contributed by atoms with Crippen LogP contribution in [0.5, 0.6) is 0 Å². The number of aliphatic hydroxyl groups excluding tert-OH is 2. The van der Waals surface area contributed by atoms with Crippen molar-refractivity contribution in [2.75, 3.05) is 0 Å². The largest absolute Gasteiger partial charge is 0.513 e. The highest BCUT2D eigenvalue weighted by atomic mass is 16.5. The summed E-state index contributed by atoms with van der Waals surface area (Å²) in [6.07, 6.45) is 2.41. The van der Waals surface area contributed by atoms with Crippen molar-refractivity contribution in [1.82, 2.24) is 24.5 Å². The molecule has 0 radical (unpaired) electrons. The molecular formula is C17H21N5O6. The lowest BCUT2D eigenvalue weighted by Crippen LogP contribution is -2.33. The van der Waals surface area contributed by atoms with Gasteiger partial charge in [-0.25, -0.2) is 4.79 Å². The zero-order chi connectivity index (χ0) is 20.3. The van der Waals surface area contributed by atoms with Crippen molar-refractivity contribution < 1.29 is 19.7 Å². The number of unbranched alkanes of at least 4 members (excludes halogenated alkanes) is 1. The molecule has 3 atom stereocenters. The third-order valence-corrected chi connectivity index (χ3v) is 4.47. The van der Waals surface area contributed by atoms with Crippen molar-refractivity contribution >= 4 is 6.29 Å². The van der Waals surface area contributed by atoms with Crippen LogP contribution in [0.3, 0.4) is 0 Å². The molecule has 0 bridgehead atoms.